The van der Waals surface area contributed by atoms with Crippen LogP contribution in [0.1, 0.15) is 54.5 Å². The maximum Gasteiger partial charge on any atom is 0.262 e. The molecule has 0 radical (unpaired) electrons. The van der Waals surface area contributed by atoms with E-state index in [9.17, 15) is 4.79 Å². The van der Waals surface area contributed by atoms with E-state index in [1.54, 1.807) is 4.90 Å². The zero-order valence-electron chi connectivity index (χ0n) is 15.6. The van der Waals surface area contributed by atoms with Gasteiger partial charge in [-0.3, -0.25) is 9.69 Å². The second-order valence-corrected chi connectivity index (χ2v) is 9.39. The normalized spacial score (nSPS) is 22.7. The summed E-state index contributed by atoms with van der Waals surface area (Å²) >= 11 is 1.83. The second-order valence-electron chi connectivity index (χ2n) is 8.26. The van der Waals surface area contributed by atoms with E-state index in [0.717, 1.165) is 30.4 Å². The average Bonchev–Trinajstić information content (AvgIpc) is 3.13. The number of hydrogen-bond donors (Lipinski definition) is 1. The first-order valence-corrected chi connectivity index (χ1v) is 9.98. The van der Waals surface area contributed by atoms with E-state index in [-0.39, 0.29) is 11.3 Å². The summed E-state index contributed by atoms with van der Waals surface area (Å²) in [6.07, 6.45) is 2.74. The van der Waals surface area contributed by atoms with Crippen LogP contribution in [0, 0.1) is 0 Å². The molecule has 5 heteroatoms. The lowest BCUT2D eigenvalue weighted by Crippen LogP contribution is -2.43. The van der Waals surface area contributed by atoms with Crippen molar-refractivity contribution < 1.29 is 4.79 Å². The predicted octanol–water partition coefficient (Wildman–Crippen LogP) is 3.93. The third kappa shape index (κ3) is 2.65. The first-order chi connectivity index (χ1) is 12.3. The van der Waals surface area contributed by atoms with Gasteiger partial charge in [0.15, 0.2) is 11.5 Å². The first kappa shape index (κ1) is 17.3. The first-order valence-electron chi connectivity index (χ1n) is 9.16. The molecule has 0 fully saturated rings. The number of aryl methyl sites for hydroxylation is 1. The van der Waals surface area contributed by atoms with Crippen LogP contribution < -0.4 is 5.73 Å². The van der Waals surface area contributed by atoms with Crippen LogP contribution in [0.15, 0.2) is 41.4 Å². The Morgan fingerprint density at radius 2 is 2.00 bits per heavy atom. The molecule has 0 bridgehead atoms. The number of aliphatic imine (C=N–C) groups is 1. The van der Waals surface area contributed by atoms with Gasteiger partial charge in [0.1, 0.15) is 0 Å². The molecule has 0 saturated carbocycles. The number of guanidine groups is 1. The molecule has 2 aliphatic rings. The monoisotopic (exact) mass is 367 g/mol. The van der Waals surface area contributed by atoms with E-state index in [0.29, 0.717) is 12.5 Å². The Hall–Kier alpha value is -2.14. The molecular weight excluding hydrogens is 342 g/mol. The Morgan fingerprint density at radius 3 is 2.69 bits per heavy atom. The van der Waals surface area contributed by atoms with E-state index in [2.05, 4.69) is 26.8 Å². The molecule has 4 nitrogen and oxygen atoms in total. The van der Waals surface area contributed by atoms with Crippen LogP contribution in [0.5, 0.6) is 0 Å². The molecule has 2 aromatic rings. The van der Waals surface area contributed by atoms with Gasteiger partial charge >= 0.3 is 0 Å². The maximum absolute atomic E-state index is 13.5. The highest BCUT2D eigenvalue weighted by molar-refractivity contribution is 7.12. The molecule has 0 saturated heterocycles. The molecule has 4 rings (SSSR count). The Balaban J connectivity index is 1.73. The topological polar surface area (TPSA) is 58.7 Å². The molecule has 1 amide bonds. The van der Waals surface area contributed by atoms with Gasteiger partial charge in [-0.25, -0.2) is 4.99 Å². The van der Waals surface area contributed by atoms with Crippen molar-refractivity contribution in [1.29, 1.82) is 0 Å². The van der Waals surface area contributed by atoms with Gasteiger partial charge in [-0.15, -0.1) is 11.3 Å². The Kier molecular flexibility index (Phi) is 3.95. The minimum atomic E-state index is -0.813. The zero-order chi connectivity index (χ0) is 18.5. The number of nitrogens with two attached hydrogens (primary N) is 1. The largest absolute Gasteiger partial charge is 0.369 e. The number of rotatable bonds is 2. The average molecular weight is 368 g/mol. The molecule has 2 heterocycles. The van der Waals surface area contributed by atoms with E-state index >= 15 is 0 Å². The number of fused-ring (bicyclic) bond motifs is 2. The lowest BCUT2D eigenvalue weighted by Gasteiger charge is -2.30. The van der Waals surface area contributed by atoms with Crippen LogP contribution in [0.4, 0.5) is 0 Å². The van der Waals surface area contributed by atoms with Crippen molar-refractivity contribution in [1.82, 2.24) is 4.90 Å². The smallest absolute Gasteiger partial charge is 0.262 e. The van der Waals surface area contributed by atoms with E-state index < -0.39 is 5.54 Å². The third-order valence-corrected chi connectivity index (χ3v) is 6.92. The number of amides is 1. The quantitative estimate of drug-likeness (QED) is 0.874. The highest BCUT2D eigenvalue weighted by atomic mass is 32.1. The number of nitrogens with zero attached hydrogens (tertiary/aromatic N) is 2. The lowest BCUT2D eigenvalue weighted by molar-refractivity contribution is -0.132. The SMILES string of the molecule is CC(C)(C)c1cc2c(s1)CCCC21N=C(N)N(Cc2ccccc2)C1=O. The van der Waals surface area contributed by atoms with E-state index in [4.69, 9.17) is 10.7 Å². The summed E-state index contributed by atoms with van der Waals surface area (Å²) in [7, 11) is 0. The standard InChI is InChI=1S/C21H25N3OS/c1-20(2,3)17-12-15-16(26-17)10-7-11-21(15)18(25)24(19(22)23-21)13-14-8-5-4-6-9-14/h4-6,8-9,12H,7,10-11,13H2,1-3H3,(H2,22,23). The summed E-state index contributed by atoms with van der Waals surface area (Å²) in [4.78, 5) is 22.5. The van der Waals surface area contributed by atoms with Gasteiger partial charge in [0.25, 0.3) is 5.91 Å². The van der Waals surface area contributed by atoms with Gasteiger partial charge < -0.3 is 5.73 Å². The maximum atomic E-state index is 13.5. The van der Waals surface area contributed by atoms with Crippen LogP contribution >= 0.6 is 11.3 Å². The molecule has 1 aromatic heterocycles. The van der Waals surface area contributed by atoms with Crippen molar-refractivity contribution in [2.75, 3.05) is 0 Å². The number of carbonyl (C=O) groups excluding carboxylic acids is 1. The fourth-order valence-electron chi connectivity index (χ4n) is 3.86. The van der Waals surface area contributed by atoms with Gasteiger partial charge in [-0.1, -0.05) is 51.1 Å². The van der Waals surface area contributed by atoms with Crippen molar-refractivity contribution in [3.05, 3.63) is 57.3 Å². The summed E-state index contributed by atoms with van der Waals surface area (Å²) in [6, 6.07) is 12.2. The van der Waals surface area contributed by atoms with Gasteiger partial charge in [0.2, 0.25) is 0 Å². The van der Waals surface area contributed by atoms with Crippen LogP contribution in [-0.2, 0) is 28.7 Å². The molecule has 2 N–H and O–H groups in total. The molecule has 1 atom stereocenters. The van der Waals surface area contributed by atoms with Crippen molar-refractivity contribution in [2.45, 2.75) is 57.5 Å². The highest BCUT2D eigenvalue weighted by Crippen LogP contribution is 2.48. The van der Waals surface area contributed by atoms with Crippen LogP contribution in [0.2, 0.25) is 0 Å². The minimum absolute atomic E-state index is 0.0260. The molecule has 1 aliphatic carbocycles. The summed E-state index contributed by atoms with van der Waals surface area (Å²) in [6.45, 7) is 7.12. The highest BCUT2D eigenvalue weighted by Gasteiger charge is 2.52. The Labute approximate surface area is 158 Å². The summed E-state index contributed by atoms with van der Waals surface area (Å²) in [5.41, 5.74) is 7.64. The van der Waals surface area contributed by atoms with E-state index in [1.807, 2.05) is 41.7 Å². The number of hydrogen-bond acceptors (Lipinski definition) is 4. The van der Waals surface area contributed by atoms with Crippen LogP contribution in [-0.4, -0.2) is 16.8 Å². The number of carbonyl (C=O) groups is 1. The molecular formula is C21H25N3OS. The number of benzene rings is 1. The van der Waals surface area contributed by atoms with Gasteiger partial charge in [-0.2, -0.15) is 0 Å². The molecule has 1 spiro atoms. The lowest BCUT2D eigenvalue weighted by atomic mass is 9.79. The summed E-state index contributed by atoms with van der Waals surface area (Å²) in [5.74, 6) is 0.369. The minimum Gasteiger partial charge on any atom is -0.369 e. The Bertz CT molecular complexity index is 878. The van der Waals surface area contributed by atoms with Gasteiger partial charge in [0.05, 0.1) is 6.54 Å². The summed E-state index contributed by atoms with van der Waals surface area (Å²) < 4.78 is 0. The zero-order valence-corrected chi connectivity index (χ0v) is 16.4. The van der Waals surface area contributed by atoms with Crippen molar-refractivity contribution >= 4 is 23.2 Å². The molecule has 136 valence electrons. The fourth-order valence-corrected chi connectivity index (χ4v) is 5.19. The molecule has 1 unspecified atom stereocenters. The molecule has 1 aromatic carbocycles. The van der Waals surface area contributed by atoms with Crippen molar-refractivity contribution in [3.63, 3.8) is 0 Å². The van der Waals surface area contributed by atoms with Crippen molar-refractivity contribution in [3.8, 4) is 0 Å². The Morgan fingerprint density at radius 1 is 1.27 bits per heavy atom. The second kappa shape index (κ2) is 5.95. The van der Waals surface area contributed by atoms with E-state index in [1.165, 1.54) is 9.75 Å². The van der Waals surface area contributed by atoms with Gasteiger partial charge in [0, 0.05) is 15.3 Å². The number of thiophene rings is 1. The third-order valence-electron chi connectivity index (χ3n) is 5.30. The van der Waals surface area contributed by atoms with Gasteiger partial charge in [-0.05, 0) is 36.3 Å². The molecule has 26 heavy (non-hydrogen) atoms. The fraction of sp³-hybridized carbons (Fsp3) is 0.429. The summed E-state index contributed by atoms with van der Waals surface area (Å²) in [5, 5.41) is 0. The molecule has 1 aliphatic heterocycles. The van der Waals surface area contributed by atoms with Crippen molar-refractivity contribution in [2.24, 2.45) is 10.7 Å². The predicted molar refractivity (Wildman–Crippen MR) is 106 cm³/mol. The van der Waals surface area contributed by atoms with Crippen LogP contribution in [0.3, 0.4) is 0 Å². The van der Waals surface area contributed by atoms with Crippen LogP contribution in [0.25, 0.3) is 0 Å².